The number of aliphatic imine (C=N–C) groups is 3. The Labute approximate surface area is 565 Å². The summed E-state index contributed by atoms with van der Waals surface area (Å²) < 4.78 is 0. The van der Waals surface area contributed by atoms with Crippen molar-refractivity contribution in [2.45, 2.75) is 153 Å². The van der Waals surface area contributed by atoms with Gasteiger partial charge in [-0.05, 0) is 97.0 Å². The van der Waals surface area contributed by atoms with Crippen molar-refractivity contribution in [3.05, 3.63) is 114 Å². The van der Waals surface area contributed by atoms with E-state index in [2.05, 4.69) is 67.8 Å². The fourth-order valence-corrected chi connectivity index (χ4v) is 11.7. The van der Waals surface area contributed by atoms with Gasteiger partial charge < -0.3 is 84.5 Å². The third-order valence-electron chi connectivity index (χ3n) is 16.5. The van der Waals surface area contributed by atoms with Crippen LogP contribution in [-0.4, -0.2) is 195 Å². The Morgan fingerprint density at radius 2 is 1.26 bits per heavy atom. The number of nitrogens with zero attached hydrogens (tertiary/aromatic N) is 4. The molecule has 30 nitrogen and oxygen atoms in total. The van der Waals surface area contributed by atoms with Gasteiger partial charge in [0.1, 0.15) is 66.5 Å². The predicted octanol–water partition coefficient (Wildman–Crippen LogP) is -0.0902. The summed E-state index contributed by atoms with van der Waals surface area (Å²) in [6.07, 6.45) is 3.93. The van der Waals surface area contributed by atoms with E-state index in [1.807, 2.05) is 56.3 Å². The van der Waals surface area contributed by atoms with E-state index in [1.165, 1.54) is 35.5 Å². The van der Waals surface area contributed by atoms with Crippen LogP contribution >= 0.6 is 0 Å². The van der Waals surface area contributed by atoms with Gasteiger partial charge in [-0.3, -0.25) is 62.7 Å². The molecule has 1 aromatic heterocycles. The third-order valence-corrected chi connectivity index (χ3v) is 16.5. The molecule has 0 aliphatic carbocycles. The van der Waals surface area contributed by atoms with Crippen molar-refractivity contribution >= 4 is 105 Å². The van der Waals surface area contributed by atoms with Crippen molar-refractivity contribution in [3.63, 3.8) is 0 Å². The van der Waals surface area contributed by atoms with Crippen molar-refractivity contribution < 1.29 is 68.1 Å². The lowest BCUT2D eigenvalue weighted by atomic mass is 9.98. The molecule has 0 saturated carbocycles. The van der Waals surface area contributed by atoms with E-state index >= 15 is 9.59 Å². The van der Waals surface area contributed by atoms with Gasteiger partial charge in [0, 0.05) is 81.5 Å². The van der Waals surface area contributed by atoms with Gasteiger partial charge in [0.25, 0.3) is 5.97 Å². The van der Waals surface area contributed by atoms with Gasteiger partial charge in [-0.15, -0.1) is 0 Å². The van der Waals surface area contributed by atoms with Crippen LogP contribution in [0.5, 0.6) is 5.75 Å². The molecule has 8 rings (SSSR count). The number of para-hydroxylation sites is 1. The molecule has 98 heavy (non-hydrogen) atoms. The fraction of sp³-hybridized carbons (Fsp3) is 0.441. The summed E-state index contributed by atoms with van der Waals surface area (Å²) in [6.45, 7) is 6.38. The standard InChI is InChI=1S/C66H84N16O12.C2H4O2/c1-4-70-64(93)55-16-10-26-82(55)65(94)48(15-9-25-71-66(67)68)75-58(87)49(27-37(2)3)76-60(89)51(30-39-17-20-40-11-5-6-12-41(40)28-39)77-59(88)50(29-38-18-21-44(84)22-19-38)78-63(92)54(35-83)81-61(90)52(31-42-33-72-46-14-8-7-13-45(42)46)79-62(91)53(32-43-34-69-36-73-43)80-57(86)47-23-24-56(85)74-47;1-2(3)4/h5-8,11-14,17-22,28,33,36-37,47-55,72,83-84H,4,9-10,15-16,23-27,29-32,34-35H2,1-3H3,(H,70,93)(H,74,85)(H,75,87)(H,76,89)(H,77,88)(H,78,92)(H,79,91)(H,80,86)(H,81,90)(H4,67,68,71);1H3,(H,3,4)/t47-,48-,49-,50-,51+,52-,53-,54-,55-;/m0./s1. The number of hydrogen-bond donors (Lipinski definition) is 15. The Morgan fingerprint density at radius 1 is 0.684 bits per heavy atom. The molecular formula is C68H88N16O14. The van der Waals surface area contributed by atoms with Crippen molar-refractivity contribution in [2.24, 2.45) is 32.4 Å². The molecular weight excluding hydrogens is 1260 g/mol. The minimum Gasteiger partial charge on any atom is -0.508 e. The molecule has 17 N–H and O–H groups in total. The summed E-state index contributed by atoms with van der Waals surface area (Å²) in [5, 5.41) is 55.5. The van der Waals surface area contributed by atoms with Crippen LogP contribution in [0.25, 0.3) is 21.7 Å². The number of likely N-dealkylation sites (N-methyl/N-ethyl adjacent to an activating group) is 1. The number of H-pyrrole nitrogens is 1. The number of carboxylic acid groups (broad SMARTS) is 1. The molecule has 0 unspecified atom stereocenters. The highest BCUT2D eigenvalue weighted by molar-refractivity contribution is 6.03. The first-order chi connectivity index (χ1) is 46.9. The lowest BCUT2D eigenvalue weighted by molar-refractivity contribution is -0.142. The zero-order valence-corrected chi connectivity index (χ0v) is 55.2. The number of aliphatic hydroxyl groups excluding tert-OH is 1. The number of carbonyl (C=O) groups is 11. The number of aliphatic carboxylic acids is 1. The number of guanidine groups is 1. The largest absolute Gasteiger partial charge is 0.508 e. The van der Waals surface area contributed by atoms with E-state index in [4.69, 9.17) is 21.4 Å². The van der Waals surface area contributed by atoms with Crippen LogP contribution in [0, 0.1) is 5.92 Å². The summed E-state index contributed by atoms with van der Waals surface area (Å²) in [7, 11) is 0. The van der Waals surface area contributed by atoms with Crippen molar-refractivity contribution in [3.8, 4) is 5.75 Å². The molecule has 2 fully saturated rings. The monoisotopic (exact) mass is 1350 g/mol. The number of nitrogens with two attached hydrogens (primary N) is 2. The van der Waals surface area contributed by atoms with E-state index in [9.17, 15) is 48.6 Å². The average molecular weight is 1350 g/mol. The smallest absolute Gasteiger partial charge is 0.300 e. The van der Waals surface area contributed by atoms with Gasteiger partial charge >= 0.3 is 0 Å². The summed E-state index contributed by atoms with van der Waals surface area (Å²) in [5.74, 6) is -8.39. The molecule has 0 radical (unpaired) electrons. The molecule has 0 bridgehead atoms. The Morgan fingerprint density at radius 3 is 1.87 bits per heavy atom. The average Bonchev–Trinajstić information content (AvgIpc) is 1.16. The van der Waals surface area contributed by atoms with Crippen molar-refractivity contribution in [1.29, 1.82) is 0 Å². The van der Waals surface area contributed by atoms with Gasteiger partial charge in [-0.2, -0.15) is 0 Å². The van der Waals surface area contributed by atoms with E-state index in [-0.39, 0.29) is 107 Å². The molecule has 524 valence electrons. The zero-order chi connectivity index (χ0) is 71.0. The number of phenolic OH excluding ortho intramolecular Hbond substituents is 1. The lowest BCUT2D eigenvalue weighted by Gasteiger charge is -2.30. The number of likely N-dealkylation sites (tertiary alicyclic amines) is 1. The molecule has 4 heterocycles. The maximum Gasteiger partial charge on any atom is 0.300 e. The number of aromatic amines is 1. The highest BCUT2D eigenvalue weighted by Crippen LogP contribution is 2.23. The van der Waals surface area contributed by atoms with Gasteiger partial charge in [0.05, 0.1) is 13.2 Å². The second kappa shape index (κ2) is 36.4. The number of carbonyl (C=O) groups excluding carboxylic acids is 10. The van der Waals surface area contributed by atoms with Crippen LogP contribution in [-0.2, 0) is 72.0 Å². The van der Waals surface area contributed by atoms with Gasteiger partial charge in [-0.1, -0.05) is 86.6 Å². The third kappa shape index (κ3) is 22.1. The summed E-state index contributed by atoms with van der Waals surface area (Å²) in [5.41, 5.74) is 13.9. The van der Waals surface area contributed by atoms with E-state index < -0.39 is 114 Å². The number of hydrogen-bond acceptors (Lipinski definition) is 16. The lowest BCUT2D eigenvalue weighted by Crippen LogP contribution is -2.61. The number of phenols is 1. The maximum atomic E-state index is 15.1. The molecule has 10 amide bonds. The Balaban J connectivity index is 0.00000329. The Hall–Kier alpha value is -10.8. The number of aromatic nitrogens is 1. The normalized spacial score (nSPS) is 16.9. The van der Waals surface area contributed by atoms with E-state index in [0.29, 0.717) is 52.7 Å². The molecule has 0 spiro atoms. The SMILES string of the molecule is CC(=O)O.CCNC(=O)[C@@H]1CCCN1C(=O)[C@H](CCCN=C(N)N)NC(=O)[C@H](CC(C)C)NC(=O)[C@@H](Cc1ccc2ccccc2c1)NC(=O)[C@H](Cc1ccc(O)cc1)NC(=O)[C@H](CO)NC(=O)[C@H](Cc1c[nH]c2ccccc12)NC(=O)[C@H](CC1=NC=NC1)NC(=O)[C@@H]1CCC(=O)N1. The zero-order valence-electron chi connectivity index (χ0n) is 55.2. The first-order valence-corrected chi connectivity index (χ1v) is 32.6. The van der Waals surface area contributed by atoms with Crippen LogP contribution in [0.2, 0.25) is 0 Å². The van der Waals surface area contributed by atoms with Crippen LogP contribution < -0.4 is 59.3 Å². The highest BCUT2D eigenvalue weighted by atomic mass is 16.4. The highest BCUT2D eigenvalue weighted by Gasteiger charge is 2.40. The number of benzene rings is 4. The molecule has 3 aliphatic heterocycles. The maximum absolute atomic E-state index is 15.1. The summed E-state index contributed by atoms with van der Waals surface area (Å²) in [4.78, 5) is 168. The number of amides is 10. The second-order valence-electron chi connectivity index (χ2n) is 24.6. The molecule has 30 heteroatoms. The van der Waals surface area contributed by atoms with E-state index in [1.54, 1.807) is 37.4 Å². The van der Waals surface area contributed by atoms with Crippen molar-refractivity contribution in [1.82, 2.24) is 57.7 Å². The van der Waals surface area contributed by atoms with Crippen molar-refractivity contribution in [2.75, 3.05) is 32.8 Å². The minimum atomic E-state index is -1.78. The molecule has 3 aliphatic rings. The first kappa shape index (κ1) is 74.6. The molecule has 9 atom stereocenters. The van der Waals surface area contributed by atoms with Crippen LogP contribution in [0.1, 0.15) is 95.8 Å². The molecule has 4 aromatic carbocycles. The second-order valence-corrected chi connectivity index (χ2v) is 24.6. The van der Waals surface area contributed by atoms with Crippen LogP contribution in [0.15, 0.2) is 112 Å². The predicted molar refractivity (Wildman–Crippen MR) is 365 cm³/mol. The Kier molecular flexibility index (Phi) is 27.7. The van der Waals surface area contributed by atoms with Crippen LogP contribution in [0.3, 0.4) is 0 Å². The summed E-state index contributed by atoms with van der Waals surface area (Å²) in [6, 6.07) is 14.2. The first-order valence-electron chi connectivity index (χ1n) is 32.6. The number of nitrogens with one attached hydrogen (secondary N) is 10. The molecule has 5 aromatic rings. The quantitative estimate of drug-likeness (QED) is 0.0152. The number of carboxylic acids is 1. The van der Waals surface area contributed by atoms with Gasteiger partial charge in [0.2, 0.25) is 59.1 Å². The minimum absolute atomic E-state index is 0.0676. The number of fused-ring (bicyclic) bond motifs is 2. The summed E-state index contributed by atoms with van der Waals surface area (Å²) >= 11 is 0. The number of aromatic hydroxyl groups is 1. The molecule has 2 saturated heterocycles. The van der Waals surface area contributed by atoms with Gasteiger partial charge in [0.15, 0.2) is 5.96 Å². The van der Waals surface area contributed by atoms with Gasteiger partial charge in [-0.25, -0.2) is 4.99 Å². The Bertz CT molecular complexity index is 3770. The topological polar surface area (TPSA) is 465 Å². The van der Waals surface area contributed by atoms with E-state index in [0.717, 1.165) is 17.7 Å². The number of aliphatic hydroxyl groups is 1. The fourth-order valence-electron chi connectivity index (χ4n) is 11.7. The van der Waals surface area contributed by atoms with Crippen LogP contribution in [0.4, 0.5) is 0 Å². The number of rotatable bonds is 32.